The minimum Gasteiger partial charge on any atom is -0.293 e. The van der Waals surface area contributed by atoms with E-state index < -0.39 is 0 Å². The predicted octanol–water partition coefficient (Wildman–Crippen LogP) is 2.98. The molecule has 0 radical (unpaired) electrons. The standard InChI is InChI=1S/C10H9ClN2S/c1-7-6-13(10(12)14-7)9-4-2-8(11)3-5-9/h2-6,12H,1H3. The molecule has 1 aromatic carbocycles. The van der Waals surface area contributed by atoms with Crippen molar-refractivity contribution < 1.29 is 0 Å². The van der Waals surface area contributed by atoms with Gasteiger partial charge in [-0.25, -0.2) is 0 Å². The number of hydrogen-bond donors (Lipinski definition) is 1. The number of aryl methyl sites for hydroxylation is 1. The molecule has 1 N–H and O–H groups in total. The van der Waals surface area contributed by atoms with Crippen LogP contribution in [0.15, 0.2) is 30.5 Å². The number of rotatable bonds is 1. The maximum atomic E-state index is 7.73. The lowest BCUT2D eigenvalue weighted by molar-refractivity contribution is 0.975. The van der Waals surface area contributed by atoms with Gasteiger partial charge in [-0.3, -0.25) is 9.98 Å². The summed E-state index contributed by atoms with van der Waals surface area (Å²) in [5.74, 6) is 0. The van der Waals surface area contributed by atoms with Crippen LogP contribution in [0.5, 0.6) is 0 Å². The van der Waals surface area contributed by atoms with Gasteiger partial charge in [-0.15, -0.1) is 11.3 Å². The Balaban J connectivity index is 2.54. The number of benzene rings is 1. The van der Waals surface area contributed by atoms with E-state index in [1.807, 2.05) is 42.0 Å². The van der Waals surface area contributed by atoms with Crippen LogP contribution in [0, 0.1) is 12.3 Å². The molecule has 14 heavy (non-hydrogen) atoms. The zero-order valence-electron chi connectivity index (χ0n) is 7.62. The first-order valence-electron chi connectivity index (χ1n) is 4.16. The fourth-order valence-corrected chi connectivity index (χ4v) is 2.11. The third kappa shape index (κ3) is 1.74. The van der Waals surface area contributed by atoms with Crippen molar-refractivity contribution in [1.29, 1.82) is 5.41 Å². The highest BCUT2D eigenvalue weighted by molar-refractivity contribution is 7.09. The predicted molar refractivity (Wildman–Crippen MR) is 59.2 cm³/mol. The summed E-state index contributed by atoms with van der Waals surface area (Å²) in [6.07, 6.45) is 1.95. The van der Waals surface area contributed by atoms with E-state index in [2.05, 4.69) is 0 Å². The highest BCUT2D eigenvalue weighted by atomic mass is 35.5. The Morgan fingerprint density at radius 1 is 1.29 bits per heavy atom. The van der Waals surface area contributed by atoms with Gasteiger partial charge in [0, 0.05) is 21.8 Å². The van der Waals surface area contributed by atoms with Crippen molar-refractivity contribution >= 4 is 22.9 Å². The fourth-order valence-electron chi connectivity index (χ4n) is 1.26. The largest absolute Gasteiger partial charge is 0.293 e. The van der Waals surface area contributed by atoms with Crippen molar-refractivity contribution in [2.24, 2.45) is 0 Å². The van der Waals surface area contributed by atoms with Crippen LogP contribution in [0.4, 0.5) is 0 Å². The molecule has 72 valence electrons. The first-order chi connectivity index (χ1) is 6.66. The van der Waals surface area contributed by atoms with Crippen LogP contribution in [0.2, 0.25) is 5.02 Å². The van der Waals surface area contributed by atoms with Crippen molar-refractivity contribution in [3.8, 4) is 5.69 Å². The number of halogens is 1. The van der Waals surface area contributed by atoms with Crippen molar-refractivity contribution in [2.45, 2.75) is 6.92 Å². The minimum absolute atomic E-state index is 0.532. The van der Waals surface area contributed by atoms with Gasteiger partial charge < -0.3 is 0 Å². The van der Waals surface area contributed by atoms with Crippen LogP contribution in [-0.2, 0) is 0 Å². The molecule has 1 heterocycles. The molecule has 0 saturated carbocycles. The molecule has 0 aliphatic rings. The molecule has 0 saturated heterocycles. The van der Waals surface area contributed by atoms with Crippen molar-refractivity contribution in [3.05, 3.63) is 45.2 Å². The van der Waals surface area contributed by atoms with Gasteiger partial charge in [-0.05, 0) is 31.2 Å². The molecule has 1 aromatic heterocycles. The first kappa shape index (κ1) is 9.49. The molecule has 0 aliphatic heterocycles. The molecule has 0 fully saturated rings. The molecule has 4 heteroatoms. The summed E-state index contributed by atoms with van der Waals surface area (Å²) in [6, 6.07) is 7.48. The van der Waals surface area contributed by atoms with Gasteiger partial charge in [0.1, 0.15) is 0 Å². The Morgan fingerprint density at radius 2 is 1.93 bits per heavy atom. The smallest absolute Gasteiger partial charge is 0.186 e. The van der Waals surface area contributed by atoms with E-state index in [0.29, 0.717) is 9.82 Å². The zero-order valence-corrected chi connectivity index (χ0v) is 9.19. The molecular weight excluding hydrogens is 216 g/mol. The van der Waals surface area contributed by atoms with E-state index in [-0.39, 0.29) is 0 Å². The highest BCUT2D eigenvalue weighted by Crippen LogP contribution is 2.13. The van der Waals surface area contributed by atoms with Crippen LogP contribution in [0.1, 0.15) is 4.88 Å². The van der Waals surface area contributed by atoms with E-state index >= 15 is 0 Å². The molecule has 0 atom stereocenters. The second-order valence-corrected chi connectivity index (χ2v) is 4.66. The normalized spacial score (nSPS) is 10.4. The van der Waals surface area contributed by atoms with Crippen molar-refractivity contribution in [1.82, 2.24) is 4.57 Å². The Labute approximate surface area is 90.9 Å². The monoisotopic (exact) mass is 224 g/mol. The molecule has 0 unspecified atom stereocenters. The van der Waals surface area contributed by atoms with Crippen molar-refractivity contribution in [3.63, 3.8) is 0 Å². The van der Waals surface area contributed by atoms with Gasteiger partial charge in [0.25, 0.3) is 0 Å². The van der Waals surface area contributed by atoms with E-state index in [1.54, 1.807) is 0 Å². The summed E-state index contributed by atoms with van der Waals surface area (Å²) >= 11 is 7.26. The van der Waals surface area contributed by atoms with Crippen LogP contribution in [-0.4, -0.2) is 4.57 Å². The molecule has 2 nitrogen and oxygen atoms in total. The molecular formula is C10H9ClN2S. The summed E-state index contributed by atoms with van der Waals surface area (Å²) in [6.45, 7) is 2.00. The maximum Gasteiger partial charge on any atom is 0.186 e. The molecule has 0 amide bonds. The van der Waals surface area contributed by atoms with Gasteiger partial charge in [0.15, 0.2) is 4.80 Å². The third-order valence-electron chi connectivity index (χ3n) is 1.89. The summed E-state index contributed by atoms with van der Waals surface area (Å²) in [4.78, 5) is 1.66. The number of aromatic nitrogens is 1. The summed E-state index contributed by atoms with van der Waals surface area (Å²) in [7, 11) is 0. The molecule has 0 bridgehead atoms. The number of thiazole rings is 1. The lowest BCUT2D eigenvalue weighted by atomic mass is 10.3. The highest BCUT2D eigenvalue weighted by Gasteiger charge is 1.99. The molecule has 0 aliphatic carbocycles. The van der Waals surface area contributed by atoms with Gasteiger partial charge in [-0.1, -0.05) is 11.6 Å². The second-order valence-electron chi connectivity index (χ2n) is 2.99. The Bertz CT molecular complexity index is 496. The Morgan fingerprint density at radius 3 is 2.43 bits per heavy atom. The number of nitrogens with zero attached hydrogens (tertiary/aromatic N) is 1. The lowest BCUT2D eigenvalue weighted by Gasteiger charge is -2.01. The minimum atomic E-state index is 0.532. The topological polar surface area (TPSA) is 28.8 Å². The average molecular weight is 225 g/mol. The van der Waals surface area contributed by atoms with E-state index in [9.17, 15) is 0 Å². The molecule has 2 aromatic rings. The van der Waals surface area contributed by atoms with Crippen LogP contribution < -0.4 is 4.80 Å². The number of nitrogens with one attached hydrogen (secondary N) is 1. The van der Waals surface area contributed by atoms with Gasteiger partial charge in [-0.2, -0.15) is 0 Å². The maximum absolute atomic E-state index is 7.73. The van der Waals surface area contributed by atoms with Crippen LogP contribution >= 0.6 is 22.9 Å². The second kappa shape index (κ2) is 3.59. The van der Waals surface area contributed by atoms with Crippen LogP contribution in [0.3, 0.4) is 0 Å². The number of hydrogen-bond acceptors (Lipinski definition) is 2. The lowest BCUT2D eigenvalue weighted by Crippen LogP contribution is -2.08. The fraction of sp³-hybridized carbons (Fsp3) is 0.100. The summed E-state index contributed by atoms with van der Waals surface area (Å²) < 4.78 is 1.84. The molecule has 2 rings (SSSR count). The van der Waals surface area contributed by atoms with E-state index in [0.717, 1.165) is 10.6 Å². The summed E-state index contributed by atoms with van der Waals surface area (Å²) in [5, 5.41) is 8.45. The first-order valence-corrected chi connectivity index (χ1v) is 5.36. The van der Waals surface area contributed by atoms with E-state index in [1.165, 1.54) is 11.3 Å². The molecule has 0 spiro atoms. The van der Waals surface area contributed by atoms with E-state index in [4.69, 9.17) is 17.0 Å². The zero-order chi connectivity index (χ0) is 10.1. The third-order valence-corrected chi connectivity index (χ3v) is 2.96. The SMILES string of the molecule is Cc1cn(-c2ccc(Cl)cc2)c(=N)s1. The quantitative estimate of drug-likeness (QED) is 0.772. The van der Waals surface area contributed by atoms with Crippen molar-refractivity contribution in [2.75, 3.05) is 0 Å². The average Bonchev–Trinajstić information content (AvgIpc) is 2.47. The van der Waals surface area contributed by atoms with Gasteiger partial charge >= 0.3 is 0 Å². The van der Waals surface area contributed by atoms with Gasteiger partial charge in [0.2, 0.25) is 0 Å². The summed E-state index contributed by atoms with van der Waals surface area (Å²) in [5.41, 5.74) is 0.976. The van der Waals surface area contributed by atoms with Crippen LogP contribution in [0.25, 0.3) is 5.69 Å². The Kier molecular flexibility index (Phi) is 2.44. The Hall–Kier alpha value is -1.06. The van der Waals surface area contributed by atoms with Gasteiger partial charge in [0.05, 0.1) is 0 Å².